The highest BCUT2D eigenvalue weighted by molar-refractivity contribution is 5.98. The van der Waals surface area contributed by atoms with Crippen LogP contribution in [0.25, 0.3) is 6.08 Å². The Morgan fingerprint density at radius 2 is 1.88 bits per heavy atom. The fourth-order valence-corrected chi connectivity index (χ4v) is 1.96. The Morgan fingerprint density at radius 3 is 2.62 bits per heavy atom. The van der Waals surface area contributed by atoms with Crippen molar-refractivity contribution in [3.8, 4) is 5.75 Å². The van der Waals surface area contributed by atoms with E-state index in [0.717, 1.165) is 6.07 Å². The van der Waals surface area contributed by atoms with Gasteiger partial charge in [-0.3, -0.25) is 9.59 Å². The molecule has 26 heavy (non-hydrogen) atoms. The van der Waals surface area contributed by atoms with Gasteiger partial charge in [0, 0.05) is 6.08 Å². The molecule has 2 rings (SSSR count). The lowest BCUT2D eigenvalue weighted by Gasteiger charge is -2.07. The van der Waals surface area contributed by atoms with Crippen molar-refractivity contribution in [1.29, 1.82) is 0 Å². The standard InChI is InChI=1S/C18H15F3N2O3/c1-26-12-4-2-3-11(9-12)5-8-15(24)22-10-16(25)23-14-7-6-13(19)17(20)18(14)21/h2-9H,10H2,1H3,(H,22,24)(H,23,25). The maximum Gasteiger partial charge on any atom is 0.244 e. The number of carbonyl (C=O) groups excluding carboxylic acids is 2. The zero-order valence-electron chi connectivity index (χ0n) is 13.7. The third kappa shape index (κ3) is 5.10. The van der Waals surface area contributed by atoms with Gasteiger partial charge in [-0.25, -0.2) is 13.2 Å². The predicted molar refractivity (Wildman–Crippen MR) is 90.0 cm³/mol. The van der Waals surface area contributed by atoms with Gasteiger partial charge >= 0.3 is 0 Å². The molecule has 8 heteroatoms. The van der Waals surface area contributed by atoms with Crippen molar-refractivity contribution in [2.75, 3.05) is 19.0 Å². The summed E-state index contributed by atoms with van der Waals surface area (Å²) < 4.78 is 44.4. The van der Waals surface area contributed by atoms with Crippen LogP contribution in [0.15, 0.2) is 42.5 Å². The van der Waals surface area contributed by atoms with Crippen molar-refractivity contribution < 1.29 is 27.5 Å². The Bertz CT molecular complexity index is 854. The first-order valence-electron chi connectivity index (χ1n) is 7.44. The number of halogens is 3. The molecule has 0 atom stereocenters. The largest absolute Gasteiger partial charge is 0.497 e. The molecule has 0 aliphatic heterocycles. The monoisotopic (exact) mass is 364 g/mol. The first-order valence-corrected chi connectivity index (χ1v) is 7.44. The summed E-state index contributed by atoms with van der Waals surface area (Å²) in [5, 5.41) is 4.33. The van der Waals surface area contributed by atoms with E-state index in [1.165, 1.54) is 19.3 Å². The fourth-order valence-electron chi connectivity index (χ4n) is 1.96. The van der Waals surface area contributed by atoms with Crippen LogP contribution < -0.4 is 15.4 Å². The van der Waals surface area contributed by atoms with Gasteiger partial charge in [-0.15, -0.1) is 0 Å². The van der Waals surface area contributed by atoms with E-state index in [4.69, 9.17) is 4.74 Å². The number of anilines is 1. The molecule has 0 aromatic heterocycles. The van der Waals surface area contributed by atoms with E-state index in [1.54, 1.807) is 24.3 Å². The molecule has 5 nitrogen and oxygen atoms in total. The minimum absolute atomic E-state index is 0.473. The molecular weight excluding hydrogens is 349 g/mol. The van der Waals surface area contributed by atoms with Crippen LogP contribution >= 0.6 is 0 Å². The van der Waals surface area contributed by atoms with Crippen LogP contribution in [-0.4, -0.2) is 25.5 Å². The number of hydrogen-bond acceptors (Lipinski definition) is 3. The SMILES string of the molecule is COc1cccc(C=CC(=O)NCC(=O)Nc2ccc(F)c(F)c2F)c1. The summed E-state index contributed by atoms with van der Waals surface area (Å²) in [5.74, 6) is -5.29. The number of amides is 2. The lowest BCUT2D eigenvalue weighted by molar-refractivity contribution is -0.121. The van der Waals surface area contributed by atoms with Crippen LogP contribution in [0.2, 0.25) is 0 Å². The predicted octanol–water partition coefficient (Wildman–Crippen LogP) is 2.88. The summed E-state index contributed by atoms with van der Waals surface area (Å²) >= 11 is 0. The minimum atomic E-state index is -1.69. The second-order valence-electron chi connectivity index (χ2n) is 5.10. The molecular formula is C18H15F3N2O3. The number of benzene rings is 2. The van der Waals surface area contributed by atoms with Gasteiger partial charge in [-0.2, -0.15) is 0 Å². The summed E-state index contributed by atoms with van der Waals surface area (Å²) in [7, 11) is 1.52. The van der Waals surface area contributed by atoms with Gasteiger partial charge in [-0.05, 0) is 35.9 Å². The molecule has 0 spiro atoms. The van der Waals surface area contributed by atoms with Crippen LogP contribution in [0.5, 0.6) is 5.75 Å². The van der Waals surface area contributed by atoms with Gasteiger partial charge < -0.3 is 15.4 Å². The maximum absolute atomic E-state index is 13.5. The highest BCUT2D eigenvalue weighted by Crippen LogP contribution is 2.19. The Balaban J connectivity index is 1.88. The van der Waals surface area contributed by atoms with Gasteiger partial charge in [0.2, 0.25) is 11.8 Å². The summed E-state index contributed by atoms with van der Waals surface area (Å²) in [5.41, 5.74) is 0.197. The first-order chi connectivity index (χ1) is 12.4. The summed E-state index contributed by atoms with van der Waals surface area (Å²) in [6.07, 6.45) is 2.73. The number of nitrogens with one attached hydrogen (secondary N) is 2. The average molecular weight is 364 g/mol. The number of rotatable bonds is 6. The van der Waals surface area contributed by atoms with Crippen LogP contribution in [0.3, 0.4) is 0 Å². The molecule has 2 amide bonds. The number of carbonyl (C=O) groups is 2. The second kappa shape index (κ2) is 8.70. The van der Waals surface area contributed by atoms with Crippen molar-refractivity contribution in [3.63, 3.8) is 0 Å². The Hall–Kier alpha value is -3.29. The third-order valence-corrected chi connectivity index (χ3v) is 3.25. The molecule has 0 heterocycles. The van der Waals surface area contributed by atoms with E-state index in [-0.39, 0.29) is 0 Å². The van der Waals surface area contributed by atoms with E-state index in [9.17, 15) is 22.8 Å². The number of ether oxygens (including phenoxy) is 1. The van der Waals surface area contributed by atoms with Crippen molar-refractivity contribution in [2.45, 2.75) is 0 Å². The zero-order valence-corrected chi connectivity index (χ0v) is 13.7. The first kappa shape index (κ1) is 19.0. The number of methoxy groups -OCH3 is 1. The molecule has 0 radical (unpaired) electrons. The molecule has 0 aliphatic rings. The van der Waals surface area contributed by atoms with E-state index in [2.05, 4.69) is 5.32 Å². The van der Waals surface area contributed by atoms with Crippen LogP contribution in [0.1, 0.15) is 5.56 Å². The molecule has 136 valence electrons. The van der Waals surface area contributed by atoms with Gasteiger partial charge in [0.15, 0.2) is 17.5 Å². The van der Waals surface area contributed by atoms with Crippen molar-refractivity contribution in [3.05, 3.63) is 65.5 Å². The molecule has 2 aromatic rings. The molecule has 0 saturated heterocycles. The molecule has 0 saturated carbocycles. The van der Waals surface area contributed by atoms with Crippen LogP contribution in [-0.2, 0) is 9.59 Å². The van der Waals surface area contributed by atoms with Gasteiger partial charge in [0.25, 0.3) is 0 Å². The molecule has 2 N–H and O–H groups in total. The quantitative estimate of drug-likeness (QED) is 0.612. The van der Waals surface area contributed by atoms with Crippen LogP contribution in [0, 0.1) is 17.5 Å². The van der Waals surface area contributed by atoms with E-state index in [1.807, 2.05) is 5.32 Å². The third-order valence-electron chi connectivity index (χ3n) is 3.25. The maximum atomic E-state index is 13.5. The summed E-state index contributed by atoms with van der Waals surface area (Å²) in [6.45, 7) is -0.473. The Morgan fingerprint density at radius 1 is 1.12 bits per heavy atom. The van der Waals surface area contributed by atoms with Crippen molar-refractivity contribution in [2.24, 2.45) is 0 Å². The topological polar surface area (TPSA) is 67.4 Å². The normalized spacial score (nSPS) is 10.6. The molecule has 0 aliphatic carbocycles. The van der Waals surface area contributed by atoms with Crippen molar-refractivity contribution >= 4 is 23.6 Å². The Labute approximate surface area is 147 Å². The van der Waals surface area contributed by atoms with Gasteiger partial charge in [-0.1, -0.05) is 12.1 Å². The fraction of sp³-hybridized carbons (Fsp3) is 0.111. The highest BCUT2D eigenvalue weighted by Gasteiger charge is 2.15. The van der Waals surface area contributed by atoms with E-state index >= 15 is 0 Å². The number of hydrogen-bond donors (Lipinski definition) is 2. The summed E-state index contributed by atoms with van der Waals surface area (Å²) in [6, 6.07) is 8.53. The molecule has 0 fully saturated rings. The highest BCUT2D eigenvalue weighted by atomic mass is 19.2. The van der Waals surface area contributed by atoms with E-state index in [0.29, 0.717) is 17.4 Å². The average Bonchev–Trinajstić information content (AvgIpc) is 2.65. The van der Waals surface area contributed by atoms with E-state index < -0.39 is 41.5 Å². The molecule has 0 bridgehead atoms. The van der Waals surface area contributed by atoms with Gasteiger partial charge in [0.05, 0.1) is 19.3 Å². The Kier molecular flexibility index (Phi) is 6.37. The van der Waals surface area contributed by atoms with Crippen molar-refractivity contribution in [1.82, 2.24) is 5.32 Å². The lowest BCUT2D eigenvalue weighted by Crippen LogP contribution is -2.32. The zero-order chi connectivity index (χ0) is 19.1. The van der Waals surface area contributed by atoms with Crippen LogP contribution in [0.4, 0.5) is 18.9 Å². The van der Waals surface area contributed by atoms with Gasteiger partial charge in [0.1, 0.15) is 5.75 Å². The summed E-state index contributed by atoms with van der Waals surface area (Å²) in [4.78, 5) is 23.4. The smallest absolute Gasteiger partial charge is 0.244 e. The minimum Gasteiger partial charge on any atom is -0.497 e. The molecule has 0 unspecified atom stereocenters. The second-order valence-corrected chi connectivity index (χ2v) is 5.10. The lowest BCUT2D eigenvalue weighted by atomic mass is 10.2. The molecule has 2 aromatic carbocycles.